The average molecular weight is 1270 g/mol. The van der Waals surface area contributed by atoms with Crippen LogP contribution in [-0.4, -0.2) is 151 Å². The van der Waals surface area contributed by atoms with Gasteiger partial charge in [0.15, 0.2) is 0 Å². The van der Waals surface area contributed by atoms with Gasteiger partial charge in [-0.2, -0.15) is 0 Å². The zero-order chi connectivity index (χ0) is 67.3. The van der Waals surface area contributed by atoms with Gasteiger partial charge >= 0.3 is 5.97 Å². The molecule has 0 unspecified atom stereocenters. The molecule has 4 atom stereocenters. The van der Waals surface area contributed by atoms with Crippen molar-refractivity contribution < 1.29 is 67.2 Å². The van der Waals surface area contributed by atoms with Crippen molar-refractivity contribution in [2.75, 3.05) is 84.2 Å². The number of rotatable bonds is 40. The minimum atomic E-state index is -1.11. The number of anilines is 3. The number of benzene rings is 4. The molecule has 0 heterocycles. The molecule has 27 heteroatoms. The summed E-state index contributed by atoms with van der Waals surface area (Å²) in [4.78, 5) is 117. The van der Waals surface area contributed by atoms with Crippen molar-refractivity contribution in [1.29, 1.82) is 0 Å². The molecule has 4 aromatic carbocycles. The standard InChI is InChI=1S/C49H74N12O10.C15H21NO4/c1-55-47(66)37(14-6-10-24-51)59-43(62)34-28-31(18-21-41(34)70-3)57-49(68)39(16-8-12-26-53)61-45(64)35-29-32(19-22-42(35)71-4)58-48(67)38(15-7-11-25-52)60-44(63)33-27-30(17-20-40(33)69-2)56-46(65)36(54)13-5-9-23-50;1-11-7-8-13(20-2)12(10-11)15(19)16-9-5-3-4-6-14(17)18/h17-22,27-29,36-39H,5-16,23-26,50-54H2,1-4H3,(H,55,66)(H,56,65)(H,57,68)(H,58,67)(H,59,62)(H,60,63)(H,61,64);7-8,10H,3-6,9H2,1-2H3,(H,16,19)(H,17,18)/t36-,37-,38-,39-;/m0./s1. The number of amides is 8. The molecule has 4 rings (SSSR count). The summed E-state index contributed by atoms with van der Waals surface area (Å²) in [5.74, 6) is -3.90. The molecule has 500 valence electrons. The molecule has 0 aliphatic rings. The third kappa shape index (κ3) is 26.6. The first-order valence-corrected chi connectivity index (χ1v) is 30.5. The molecule has 27 nitrogen and oxygen atoms in total. The molecule has 0 spiro atoms. The second-order valence-electron chi connectivity index (χ2n) is 21.3. The number of nitrogens with two attached hydrogens (primary N) is 5. The number of carbonyl (C=O) groups excluding carboxylic acids is 8. The zero-order valence-electron chi connectivity index (χ0n) is 53.2. The van der Waals surface area contributed by atoms with E-state index >= 15 is 0 Å². The summed E-state index contributed by atoms with van der Waals surface area (Å²) in [7, 11) is 7.13. The molecule has 0 aliphatic heterocycles. The largest absolute Gasteiger partial charge is 0.496 e. The van der Waals surface area contributed by atoms with E-state index in [1.807, 2.05) is 13.0 Å². The number of hydrogen-bond donors (Lipinski definition) is 14. The first-order chi connectivity index (χ1) is 43.7. The van der Waals surface area contributed by atoms with E-state index in [0.717, 1.165) is 24.8 Å². The van der Waals surface area contributed by atoms with Gasteiger partial charge < -0.3 is 95.3 Å². The molecule has 19 N–H and O–H groups in total. The normalized spacial score (nSPS) is 12.0. The molecule has 0 aromatic heterocycles. The van der Waals surface area contributed by atoms with Crippen molar-refractivity contribution in [3.63, 3.8) is 0 Å². The Morgan fingerprint density at radius 3 is 1.14 bits per heavy atom. The maximum Gasteiger partial charge on any atom is 0.303 e. The van der Waals surface area contributed by atoms with Gasteiger partial charge in [0.1, 0.15) is 41.1 Å². The molecule has 0 saturated carbocycles. The van der Waals surface area contributed by atoms with Gasteiger partial charge in [-0.25, -0.2) is 0 Å². The highest BCUT2D eigenvalue weighted by Crippen LogP contribution is 2.28. The van der Waals surface area contributed by atoms with Gasteiger partial charge in [0, 0.05) is 37.1 Å². The number of carbonyl (C=O) groups is 9. The summed E-state index contributed by atoms with van der Waals surface area (Å²) in [6, 6.07) is 14.9. The fourth-order valence-corrected chi connectivity index (χ4v) is 9.26. The van der Waals surface area contributed by atoms with Gasteiger partial charge in [-0.1, -0.05) is 24.5 Å². The van der Waals surface area contributed by atoms with Crippen LogP contribution in [0.2, 0.25) is 0 Å². The van der Waals surface area contributed by atoms with Gasteiger partial charge in [0.2, 0.25) is 23.6 Å². The van der Waals surface area contributed by atoms with Crippen LogP contribution in [0.5, 0.6) is 23.0 Å². The van der Waals surface area contributed by atoms with Crippen LogP contribution in [0, 0.1) is 6.92 Å². The Balaban J connectivity index is 0.000000914. The summed E-state index contributed by atoms with van der Waals surface area (Å²) >= 11 is 0. The number of carboxylic acid groups (broad SMARTS) is 1. The molecule has 0 aliphatic carbocycles. The summed E-state index contributed by atoms with van der Waals surface area (Å²) in [6.45, 7) is 4.07. The third-order valence-corrected chi connectivity index (χ3v) is 14.3. The first kappa shape index (κ1) is 76.4. The number of hydrogen-bond acceptors (Lipinski definition) is 18. The Bertz CT molecular complexity index is 3020. The smallest absolute Gasteiger partial charge is 0.303 e. The van der Waals surface area contributed by atoms with Crippen LogP contribution < -0.4 is 90.2 Å². The van der Waals surface area contributed by atoms with Crippen LogP contribution in [0.15, 0.2) is 72.8 Å². The van der Waals surface area contributed by atoms with E-state index in [1.165, 1.54) is 84.0 Å². The number of likely N-dealkylation sites (N-methyl/N-ethyl adjacent to an activating group) is 1. The molecule has 0 radical (unpaired) electrons. The number of nitrogens with one attached hydrogen (secondary N) is 8. The highest BCUT2D eigenvalue weighted by molar-refractivity contribution is 6.07. The SMILES string of the molecule is CNC(=O)[C@H](CCCCN)NC(=O)c1cc(NC(=O)[C@H](CCCCN)NC(=O)c2cc(NC(=O)[C@H](CCCCN)NC(=O)c3cc(NC(=O)[C@@H](N)CCCCN)ccc3OC)ccc2OC)ccc1OC.COc1ccc(C)cc1C(=O)NCCCCCC(=O)O. The van der Waals surface area contributed by atoms with E-state index in [4.69, 9.17) is 52.7 Å². The molecule has 8 amide bonds. The predicted octanol–water partition coefficient (Wildman–Crippen LogP) is 4.19. The topological polar surface area (TPSA) is 437 Å². The van der Waals surface area contributed by atoms with Gasteiger partial charge in [-0.15, -0.1) is 0 Å². The average Bonchev–Trinajstić information content (AvgIpc) is 1.09. The van der Waals surface area contributed by atoms with Crippen LogP contribution in [0.1, 0.15) is 150 Å². The van der Waals surface area contributed by atoms with E-state index in [1.54, 1.807) is 18.2 Å². The maximum atomic E-state index is 14.1. The fourth-order valence-electron chi connectivity index (χ4n) is 9.26. The minimum absolute atomic E-state index is 0.0196. The Kier molecular flexibility index (Phi) is 35.4. The van der Waals surface area contributed by atoms with E-state index in [2.05, 4.69) is 42.5 Å². The zero-order valence-corrected chi connectivity index (χ0v) is 53.2. The highest BCUT2D eigenvalue weighted by Gasteiger charge is 2.28. The predicted molar refractivity (Wildman–Crippen MR) is 348 cm³/mol. The quantitative estimate of drug-likeness (QED) is 0.0278. The number of ether oxygens (including phenoxy) is 4. The lowest BCUT2D eigenvalue weighted by Crippen LogP contribution is -2.45. The maximum absolute atomic E-state index is 14.1. The van der Waals surface area contributed by atoms with Crippen molar-refractivity contribution in [3.8, 4) is 23.0 Å². The van der Waals surface area contributed by atoms with Gasteiger partial charge in [-0.3, -0.25) is 43.2 Å². The lowest BCUT2D eigenvalue weighted by atomic mass is 10.1. The fraction of sp³-hybridized carbons (Fsp3) is 0.484. The summed E-state index contributed by atoms with van der Waals surface area (Å²) in [6.07, 6.45) is 8.26. The number of carboxylic acids is 1. The van der Waals surface area contributed by atoms with Crippen molar-refractivity contribution in [2.24, 2.45) is 28.7 Å². The van der Waals surface area contributed by atoms with Crippen molar-refractivity contribution in [1.82, 2.24) is 26.6 Å². The lowest BCUT2D eigenvalue weighted by molar-refractivity contribution is -0.137. The molecular formula is C64H95N13O14. The van der Waals surface area contributed by atoms with Crippen molar-refractivity contribution in [3.05, 3.63) is 101 Å². The molecule has 0 bridgehead atoms. The molecular weight excluding hydrogens is 1170 g/mol. The van der Waals surface area contributed by atoms with Crippen LogP contribution in [0.3, 0.4) is 0 Å². The Hall–Kier alpha value is -8.89. The van der Waals surface area contributed by atoms with E-state index in [0.29, 0.717) is 114 Å². The molecule has 0 fully saturated rings. The van der Waals surface area contributed by atoms with Crippen LogP contribution in [0.25, 0.3) is 0 Å². The van der Waals surface area contributed by atoms with E-state index < -0.39 is 65.6 Å². The number of aryl methyl sites for hydroxylation is 1. The third-order valence-electron chi connectivity index (χ3n) is 14.3. The molecule has 0 saturated heterocycles. The summed E-state index contributed by atoms with van der Waals surface area (Å²) in [5, 5.41) is 30.5. The van der Waals surface area contributed by atoms with Gasteiger partial charge in [0.25, 0.3) is 23.6 Å². The van der Waals surface area contributed by atoms with Gasteiger partial charge in [0.05, 0.1) is 56.7 Å². The van der Waals surface area contributed by atoms with E-state index in [-0.39, 0.29) is 76.4 Å². The Morgan fingerprint density at radius 2 is 0.780 bits per heavy atom. The molecule has 4 aromatic rings. The molecule has 91 heavy (non-hydrogen) atoms. The number of unbranched alkanes of at least 4 members (excludes halogenated alkanes) is 6. The van der Waals surface area contributed by atoms with Crippen molar-refractivity contribution >= 4 is 70.3 Å². The second kappa shape index (κ2) is 42.2. The highest BCUT2D eigenvalue weighted by atomic mass is 16.5. The minimum Gasteiger partial charge on any atom is -0.496 e. The number of aliphatic carboxylic acids is 1. The van der Waals surface area contributed by atoms with E-state index in [9.17, 15) is 43.2 Å². The van der Waals surface area contributed by atoms with Crippen LogP contribution in [0.4, 0.5) is 17.1 Å². The Labute approximate surface area is 532 Å². The lowest BCUT2D eigenvalue weighted by Gasteiger charge is -2.21. The van der Waals surface area contributed by atoms with Gasteiger partial charge in [-0.05, 0) is 183 Å². The summed E-state index contributed by atoms with van der Waals surface area (Å²) in [5.41, 5.74) is 31.1. The van der Waals surface area contributed by atoms with Crippen LogP contribution >= 0.6 is 0 Å². The van der Waals surface area contributed by atoms with Crippen LogP contribution in [-0.2, 0) is 24.0 Å². The second-order valence-corrected chi connectivity index (χ2v) is 21.3. The summed E-state index contributed by atoms with van der Waals surface area (Å²) < 4.78 is 21.6. The monoisotopic (exact) mass is 1270 g/mol. The Morgan fingerprint density at radius 1 is 0.429 bits per heavy atom. The first-order valence-electron chi connectivity index (χ1n) is 30.5. The van der Waals surface area contributed by atoms with Crippen molar-refractivity contribution in [2.45, 2.75) is 134 Å². The number of methoxy groups -OCH3 is 4.